The zero-order chi connectivity index (χ0) is 13.6. The maximum Gasteiger partial charge on any atom is 0.211 e. The molecule has 1 aromatic rings. The molecule has 21 heavy (non-hydrogen) atoms. The topological polar surface area (TPSA) is 36.9 Å². The second kappa shape index (κ2) is 8.37. The highest BCUT2D eigenvalue weighted by molar-refractivity contribution is 5.85. The molecule has 1 unspecified atom stereocenters. The maximum absolute atomic E-state index is 5.49. The van der Waals surface area contributed by atoms with Gasteiger partial charge in [-0.05, 0) is 44.5 Å². The number of benzene rings is 1. The Balaban J connectivity index is 0.00000161. The van der Waals surface area contributed by atoms with Crippen LogP contribution in [0.2, 0.25) is 0 Å². The summed E-state index contributed by atoms with van der Waals surface area (Å²) >= 11 is 0. The van der Waals surface area contributed by atoms with E-state index in [0.29, 0.717) is 0 Å². The molecule has 0 saturated carbocycles. The van der Waals surface area contributed by atoms with Gasteiger partial charge in [-0.15, -0.1) is 17.9 Å². The number of hydrogen-bond donors (Lipinski definition) is 1. The second-order valence-electron chi connectivity index (χ2n) is 5.56. The monoisotopic (exact) mass is 309 g/mol. The van der Waals surface area contributed by atoms with E-state index < -0.39 is 0 Å². The smallest absolute Gasteiger partial charge is 0.211 e. The number of hydrogen-bond acceptors (Lipinski definition) is 4. The number of piperidine rings is 1. The van der Waals surface area contributed by atoms with Crippen LogP contribution in [0.3, 0.4) is 0 Å². The summed E-state index contributed by atoms with van der Waals surface area (Å²) in [6, 6.07) is 10.2. The van der Waals surface area contributed by atoms with Gasteiger partial charge in [0.1, 0.15) is 0 Å². The Morgan fingerprint density at radius 1 is 1.14 bits per heavy atom. The molecule has 2 aliphatic rings. The third kappa shape index (κ3) is 4.70. The summed E-state index contributed by atoms with van der Waals surface area (Å²) in [6.45, 7) is 3.69. The van der Waals surface area contributed by atoms with Gasteiger partial charge < -0.3 is 9.74 Å². The molecule has 1 saturated heterocycles. The minimum absolute atomic E-state index is 0. The standard InChI is InChI=1S/C16H23N3O.ClH/c1-3-8-14(9-4-1)16-17-15(20-18-16)10-7-13-19-11-5-2-6-12-19;/h1,3-4,8-9,16,18H,2,5-7,10-13H2;1H. The molecule has 0 aromatic heterocycles. The molecule has 3 rings (SSSR count). The van der Waals surface area contributed by atoms with Gasteiger partial charge in [0.15, 0.2) is 6.17 Å². The van der Waals surface area contributed by atoms with Gasteiger partial charge in [0.05, 0.1) is 0 Å². The zero-order valence-electron chi connectivity index (χ0n) is 12.3. The van der Waals surface area contributed by atoms with Crippen molar-refractivity contribution in [3.8, 4) is 0 Å². The van der Waals surface area contributed by atoms with E-state index in [4.69, 9.17) is 4.84 Å². The van der Waals surface area contributed by atoms with Crippen molar-refractivity contribution in [2.45, 2.75) is 38.3 Å². The van der Waals surface area contributed by atoms with Crippen molar-refractivity contribution < 1.29 is 4.84 Å². The summed E-state index contributed by atoms with van der Waals surface area (Å²) < 4.78 is 0. The van der Waals surface area contributed by atoms with E-state index in [9.17, 15) is 0 Å². The van der Waals surface area contributed by atoms with Crippen molar-refractivity contribution in [2.75, 3.05) is 19.6 Å². The van der Waals surface area contributed by atoms with Gasteiger partial charge in [-0.2, -0.15) is 0 Å². The third-order valence-electron chi connectivity index (χ3n) is 3.99. The molecule has 0 aliphatic carbocycles. The van der Waals surface area contributed by atoms with Crippen LogP contribution in [-0.2, 0) is 4.84 Å². The first-order valence-electron chi connectivity index (χ1n) is 7.68. The van der Waals surface area contributed by atoms with Gasteiger partial charge in [-0.1, -0.05) is 36.8 Å². The highest BCUT2D eigenvalue weighted by Crippen LogP contribution is 2.20. The van der Waals surface area contributed by atoms with Crippen LogP contribution in [0.5, 0.6) is 0 Å². The number of rotatable bonds is 5. The van der Waals surface area contributed by atoms with Gasteiger partial charge in [-0.25, -0.2) is 4.99 Å². The average Bonchev–Trinajstić information content (AvgIpc) is 2.98. The molecule has 5 heteroatoms. The first-order valence-corrected chi connectivity index (χ1v) is 7.68. The van der Waals surface area contributed by atoms with Crippen LogP contribution in [0.15, 0.2) is 35.3 Å². The van der Waals surface area contributed by atoms with Crippen molar-refractivity contribution in [1.29, 1.82) is 0 Å². The fourth-order valence-electron chi connectivity index (χ4n) is 2.85. The third-order valence-corrected chi connectivity index (χ3v) is 3.99. The van der Waals surface area contributed by atoms with Crippen molar-refractivity contribution in [1.82, 2.24) is 10.4 Å². The fourth-order valence-corrected chi connectivity index (χ4v) is 2.85. The molecular weight excluding hydrogens is 286 g/mol. The van der Waals surface area contributed by atoms with Gasteiger partial charge in [0.2, 0.25) is 5.90 Å². The lowest BCUT2D eigenvalue weighted by molar-refractivity contribution is 0.172. The molecule has 1 atom stereocenters. The number of likely N-dealkylation sites (tertiary alicyclic amines) is 1. The molecule has 0 amide bonds. The molecule has 116 valence electrons. The molecular formula is C16H24ClN3O. The predicted molar refractivity (Wildman–Crippen MR) is 87.6 cm³/mol. The molecule has 1 aromatic carbocycles. The van der Waals surface area contributed by atoms with Gasteiger partial charge in [0.25, 0.3) is 0 Å². The number of nitrogens with one attached hydrogen (secondary N) is 1. The Hall–Kier alpha value is -1.10. The number of nitrogens with zero attached hydrogens (tertiary/aromatic N) is 2. The molecule has 4 nitrogen and oxygen atoms in total. The van der Waals surface area contributed by atoms with E-state index in [1.54, 1.807) is 0 Å². The Morgan fingerprint density at radius 2 is 1.90 bits per heavy atom. The van der Waals surface area contributed by atoms with E-state index in [1.165, 1.54) is 38.9 Å². The lowest BCUT2D eigenvalue weighted by atomic mass is 10.1. The highest BCUT2D eigenvalue weighted by atomic mass is 35.5. The average molecular weight is 310 g/mol. The molecule has 2 heterocycles. The van der Waals surface area contributed by atoms with Crippen LogP contribution in [0.4, 0.5) is 0 Å². The first kappa shape index (κ1) is 16.3. The van der Waals surface area contributed by atoms with Crippen LogP contribution in [0, 0.1) is 0 Å². The van der Waals surface area contributed by atoms with Crippen LogP contribution < -0.4 is 5.48 Å². The predicted octanol–water partition coefficient (Wildman–Crippen LogP) is 3.31. The molecule has 2 aliphatic heterocycles. The Labute approximate surface area is 132 Å². The summed E-state index contributed by atoms with van der Waals surface area (Å²) in [5.41, 5.74) is 4.15. The van der Waals surface area contributed by atoms with E-state index >= 15 is 0 Å². The molecule has 0 spiro atoms. The van der Waals surface area contributed by atoms with Crippen molar-refractivity contribution in [3.63, 3.8) is 0 Å². The number of hydroxylamine groups is 1. The lowest BCUT2D eigenvalue weighted by Crippen LogP contribution is -2.30. The van der Waals surface area contributed by atoms with Crippen molar-refractivity contribution >= 4 is 18.3 Å². The summed E-state index contributed by atoms with van der Waals surface area (Å²) in [6.07, 6.45) is 6.12. The summed E-state index contributed by atoms with van der Waals surface area (Å²) in [4.78, 5) is 12.7. The largest absolute Gasteiger partial charge is 0.391 e. The van der Waals surface area contributed by atoms with Gasteiger partial charge >= 0.3 is 0 Å². The van der Waals surface area contributed by atoms with E-state index in [2.05, 4.69) is 27.5 Å². The molecule has 1 N–H and O–H groups in total. The Bertz CT molecular complexity index is 446. The van der Waals surface area contributed by atoms with Crippen LogP contribution >= 0.6 is 12.4 Å². The maximum atomic E-state index is 5.49. The summed E-state index contributed by atoms with van der Waals surface area (Å²) in [5.74, 6) is 0.843. The molecule has 0 bridgehead atoms. The van der Waals surface area contributed by atoms with Crippen LogP contribution in [0.1, 0.15) is 43.8 Å². The van der Waals surface area contributed by atoms with Crippen LogP contribution in [0.25, 0.3) is 0 Å². The van der Waals surface area contributed by atoms with E-state index in [0.717, 1.165) is 24.3 Å². The minimum atomic E-state index is -0.0406. The molecule has 1 fully saturated rings. The van der Waals surface area contributed by atoms with Gasteiger partial charge in [-0.3, -0.25) is 0 Å². The first-order chi connectivity index (χ1) is 9.92. The van der Waals surface area contributed by atoms with Crippen molar-refractivity contribution in [3.05, 3.63) is 35.9 Å². The lowest BCUT2D eigenvalue weighted by Gasteiger charge is -2.26. The Kier molecular flexibility index (Phi) is 6.49. The van der Waals surface area contributed by atoms with Crippen molar-refractivity contribution in [2.24, 2.45) is 4.99 Å². The summed E-state index contributed by atoms with van der Waals surface area (Å²) in [7, 11) is 0. The fraction of sp³-hybridized carbons (Fsp3) is 0.562. The highest BCUT2D eigenvalue weighted by Gasteiger charge is 2.19. The molecule has 0 radical (unpaired) electrons. The summed E-state index contributed by atoms with van der Waals surface area (Å²) in [5, 5.41) is 0. The van der Waals surface area contributed by atoms with Gasteiger partial charge in [0, 0.05) is 6.42 Å². The normalized spacial score (nSPS) is 22.3. The quantitative estimate of drug-likeness (QED) is 0.906. The van der Waals surface area contributed by atoms with Crippen LogP contribution in [-0.4, -0.2) is 30.4 Å². The number of halogens is 1. The Morgan fingerprint density at radius 3 is 2.67 bits per heavy atom. The second-order valence-corrected chi connectivity index (χ2v) is 5.56. The number of aliphatic imine (C=N–C) groups is 1. The SMILES string of the molecule is Cl.c1ccc(C2N=C(CCCN3CCCCC3)ON2)cc1. The zero-order valence-corrected chi connectivity index (χ0v) is 13.1. The van der Waals surface area contributed by atoms with E-state index in [-0.39, 0.29) is 18.6 Å². The van der Waals surface area contributed by atoms with E-state index in [1.807, 2.05) is 18.2 Å². The minimum Gasteiger partial charge on any atom is -0.391 e.